The van der Waals surface area contributed by atoms with Crippen LogP contribution in [0.2, 0.25) is 0 Å². The lowest BCUT2D eigenvalue weighted by Gasteiger charge is -2.31. The van der Waals surface area contributed by atoms with Crippen molar-refractivity contribution in [3.8, 4) is 5.75 Å². The van der Waals surface area contributed by atoms with Crippen LogP contribution in [0.25, 0.3) is 11.0 Å². The summed E-state index contributed by atoms with van der Waals surface area (Å²) >= 11 is 0. The molecule has 0 saturated heterocycles. The van der Waals surface area contributed by atoms with Gasteiger partial charge in [-0.3, -0.25) is 0 Å². The lowest BCUT2D eigenvalue weighted by atomic mass is 10.1. The van der Waals surface area contributed by atoms with Crippen LogP contribution in [-0.4, -0.2) is 55.9 Å². The fourth-order valence-corrected chi connectivity index (χ4v) is 2.54. The van der Waals surface area contributed by atoms with Gasteiger partial charge in [-0.2, -0.15) is 0 Å². The molecule has 2 aromatic heterocycles. The average Bonchev–Trinajstić information content (AvgIpc) is 2.87. The van der Waals surface area contributed by atoms with Crippen LogP contribution in [0.5, 0.6) is 5.75 Å². The predicted octanol–water partition coefficient (Wildman–Crippen LogP) is 2.28. The van der Waals surface area contributed by atoms with E-state index >= 15 is 0 Å². The van der Waals surface area contributed by atoms with Gasteiger partial charge in [-0.25, -0.2) is 9.97 Å². The van der Waals surface area contributed by atoms with Gasteiger partial charge in [0.25, 0.3) is 0 Å². The zero-order valence-corrected chi connectivity index (χ0v) is 16.2. The number of pyridine rings is 1. The Hall–Kier alpha value is -1.86. The Morgan fingerprint density at radius 3 is 2.52 bits per heavy atom. The van der Waals surface area contributed by atoms with Crippen molar-refractivity contribution in [3.63, 3.8) is 0 Å². The van der Waals surface area contributed by atoms with Gasteiger partial charge in [0.15, 0.2) is 11.6 Å². The molecule has 0 saturated carbocycles. The monoisotopic (exact) mass is 349 g/mol. The van der Waals surface area contributed by atoms with Gasteiger partial charge in [-0.05, 0) is 48.1 Å². The highest BCUT2D eigenvalue weighted by molar-refractivity contribution is 5.89. The number of imidazole rings is 1. The van der Waals surface area contributed by atoms with Crippen LogP contribution in [0, 0.1) is 0 Å². The molecular formula is C18H31N5O2. The highest BCUT2D eigenvalue weighted by Gasteiger charge is 2.20. The summed E-state index contributed by atoms with van der Waals surface area (Å²) in [7, 11) is 2.11. The molecule has 0 radical (unpaired) electrons. The molecule has 3 N–H and O–H groups in total. The Kier molecular flexibility index (Phi) is 5.58. The van der Waals surface area contributed by atoms with Gasteiger partial charge in [0.2, 0.25) is 0 Å². The van der Waals surface area contributed by atoms with Gasteiger partial charge in [-0.1, -0.05) is 0 Å². The van der Waals surface area contributed by atoms with E-state index in [4.69, 9.17) is 10.5 Å². The van der Waals surface area contributed by atoms with Crippen molar-refractivity contribution in [2.24, 2.45) is 0 Å². The van der Waals surface area contributed by atoms with Crippen LogP contribution >= 0.6 is 0 Å². The number of anilines is 1. The van der Waals surface area contributed by atoms with E-state index in [0.29, 0.717) is 30.2 Å². The Morgan fingerprint density at radius 1 is 1.24 bits per heavy atom. The number of hydrogen-bond acceptors (Lipinski definition) is 6. The van der Waals surface area contributed by atoms with Crippen molar-refractivity contribution in [1.29, 1.82) is 0 Å². The SMILES string of the molecule is CN(CCCOc1cnc(N)c2ncn(CC(C)(C)O)c12)C(C)(C)C. The first kappa shape index (κ1) is 19.5. The minimum Gasteiger partial charge on any atom is -0.490 e. The quantitative estimate of drug-likeness (QED) is 0.746. The molecule has 0 fully saturated rings. The molecule has 2 heterocycles. The van der Waals surface area contributed by atoms with E-state index in [0.717, 1.165) is 18.5 Å². The first-order chi connectivity index (χ1) is 11.5. The number of hydrogen-bond donors (Lipinski definition) is 2. The van der Waals surface area contributed by atoms with Crippen LogP contribution in [0.3, 0.4) is 0 Å². The fraction of sp³-hybridized carbons (Fsp3) is 0.667. The van der Waals surface area contributed by atoms with Crippen molar-refractivity contribution in [3.05, 3.63) is 12.5 Å². The molecule has 2 rings (SSSR count). The molecule has 0 unspecified atom stereocenters. The number of nitrogens with two attached hydrogens (primary N) is 1. The Balaban J connectivity index is 2.13. The van der Waals surface area contributed by atoms with E-state index in [1.807, 2.05) is 4.57 Å². The first-order valence-electron chi connectivity index (χ1n) is 8.65. The van der Waals surface area contributed by atoms with Crippen molar-refractivity contribution in [2.45, 2.75) is 58.7 Å². The standard InChI is InChI=1S/C18H31N5O2/c1-17(2,3)22(6)8-7-9-25-13-10-20-16(19)14-15(13)23(12-21-14)11-18(4,5)24/h10,12,24H,7-9,11H2,1-6H3,(H2,19,20). The minimum absolute atomic E-state index is 0.140. The summed E-state index contributed by atoms with van der Waals surface area (Å²) in [6.07, 6.45) is 4.20. The van der Waals surface area contributed by atoms with Gasteiger partial charge in [0, 0.05) is 12.1 Å². The van der Waals surface area contributed by atoms with E-state index in [2.05, 4.69) is 42.7 Å². The fourth-order valence-electron chi connectivity index (χ4n) is 2.54. The van der Waals surface area contributed by atoms with Gasteiger partial charge in [-0.15, -0.1) is 0 Å². The molecule has 0 aliphatic rings. The van der Waals surface area contributed by atoms with E-state index < -0.39 is 5.60 Å². The third kappa shape index (κ3) is 5.06. The molecule has 140 valence electrons. The summed E-state index contributed by atoms with van der Waals surface area (Å²) in [5.41, 5.74) is 6.59. The second-order valence-corrected chi connectivity index (χ2v) is 8.18. The summed E-state index contributed by atoms with van der Waals surface area (Å²) in [5, 5.41) is 10.1. The second kappa shape index (κ2) is 7.17. The number of aliphatic hydroxyl groups is 1. The molecule has 0 spiro atoms. The number of fused-ring (bicyclic) bond motifs is 1. The lowest BCUT2D eigenvalue weighted by Crippen LogP contribution is -2.39. The number of rotatable bonds is 7. The van der Waals surface area contributed by atoms with Crippen LogP contribution < -0.4 is 10.5 Å². The third-order valence-electron chi connectivity index (χ3n) is 4.23. The van der Waals surface area contributed by atoms with Crippen LogP contribution in [-0.2, 0) is 6.54 Å². The number of aromatic nitrogens is 3. The molecule has 0 aliphatic heterocycles. The predicted molar refractivity (Wildman–Crippen MR) is 101 cm³/mol. The van der Waals surface area contributed by atoms with E-state index in [1.54, 1.807) is 26.4 Å². The highest BCUT2D eigenvalue weighted by Crippen LogP contribution is 2.28. The highest BCUT2D eigenvalue weighted by atomic mass is 16.5. The van der Waals surface area contributed by atoms with E-state index in [-0.39, 0.29) is 5.54 Å². The normalized spacial score (nSPS) is 13.0. The zero-order chi connectivity index (χ0) is 18.8. The largest absolute Gasteiger partial charge is 0.490 e. The van der Waals surface area contributed by atoms with Crippen molar-refractivity contribution in [1.82, 2.24) is 19.4 Å². The lowest BCUT2D eigenvalue weighted by molar-refractivity contribution is 0.0625. The number of ether oxygens (including phenoxy) is 1. The topological polar surface area (TPSA) is 89.4 Å². The molecular weight excluding hydrogens is 318 g/mol. The number of nitrogen functional groups attached to an aromatic ring is 1. The van der Waals surface area contributed by atoms with Crippen LogP contribution in [0.4, 0.5) is 5.82 Å². The van der Waals surface area contributed by atoms with Crippen molar-refractivity contribution < 1.29 is 9.84 Å². The first-order valence-corrected chi connectivity index (χ1v) is 8.65. The Bertz CT molecular complexity index is 713. The van der Waals surface area contributed by atoms with Crippen molar-refractivity contribution >= 4 is 16.9 Å². The van der Waals surface area contributed by atoms with Crippen molar-refractivity contribution in [2.75, 3.05) is 25.9 Å². The van der Waals surface area contributed by atoms with Crippen LogP contribution in [0.1, 0.15) is 41.0 Å². The molecule has 0 aromatic carbocycles. The summed E-state index contributed by atoms with van der Waals surface area (Å²) in [6.45, 7) is 12.0. The Labute approximate surface area is 149 Å². The smallest absolute Gasteiger partial charge is 0.163 e. The maximum atomic E-state index is 10.1. The second-order valence-electron chi connectivity index (χ2n) is 8.18. The van der Waals surface area contributed by atoms with Gasteiger partial charge in [0.1, 0.15) is 11.0 Å². The molecule has 0 bridgehead atoms. The molecule has 7 nitrogen and oxygen atoms in total. The molecule has 0 atom stereocenters. The minimum atomic E-state index is -0.863. The molecule has 0 aliphatic carbocycles. The molecule has 0 amide bonds. The molecule has 2 aromatic rings. The maximum Gasteiger partial charge on any atom is 0.163 e. The Morgan fingerprint density at radius 2 is 1.92 bits per heavy atom. The summed E-state index contributed by atoms with van der Waals surface area (Å²) in [5.74, 6) is 1.01. The summed E-state index contributed by atoms with van der Waals surface area (Å²) in [4.78, 5) is 10.8. The number of nitrogens with zero attached hydrogens (tertiary/aromatic N) is 4. The summed E-state index contributed by atoms with van der Waals surface area (Å²) < 4.78 is 7.83. The molecule has 7 heteroatoms. The van der Waals surface area contributed by atoms with Crippen LogP contribution in [0.15, 0.2) is 12.5 Å². The maximum absolute atomic E-state index is 10.1. The zero-order valence-electron chi connectivity index (χ0n) is 16.2. The molecule has 25 heavy (non-hydrogen) atoms. The summed E-state index contributed by atoms with van der Waals surface area (Å²) in [6, 6.07) is 0. The van der Waals surface area contributed by atoms with Gasteiger partial charge in [0.05, 0.1) is 31.3 Å². The average molecular weight is 349 g/mol. The third-order valence-corrected chi connectivity index (χ3v) is 4.23. The van der Waals surface area contributed by atoms with Gasteiger partial charge < -0.3 is 25.0 Å². The van der Waals surface area contributed by atoms with Gasteiger partial charge >= 0.3 is 0 Å². The van der Waals surface area contributed by atoms with E-state index in [9.17, 15) is 5.11 Å². The van der Waals surface area contributed by atoms with E-state index in [1.165, 1.54) is 0 Å².